The number of aromatic carboxylic acids is 1. The molecule has 1 rings (SSSR count). The molecule has 0 aliphatic rings. The predicted molar refractivity (Wildman–Crippen MR) is 49.8 cm³/mol. The third-order valence-corrected chi connectivity index (χ3v) is 1.19. The van der Waals surface area contributed by atoms with Gasteiger partial charge in [-0.25, -0.2) is 4.79 Å². The molecule has 0 spiro atoms. The van der Waals surface area contributed by atoms with Crippen LogP contribution in [0.4, 0.5) is 0 Å². The van der Waals surface area contributed by atoms with Crippen LogP contribution in [-0.4, -0.2) is 17.4 Å². The van der Waals surface area contributed by atoms with Crippen LogP contribution in [0, 0.1) is 0 Å². The molecule has 0 saturated heterocycles. The van der Waals surface area contributed by atoms with Gasteiger partial charge in [0.25, 0.3) is 0 Å². The summed E-state index contributed by atoms with van der Waals surface area (Å²) in [4.78, 5) is 19.4. The van der Waals surface area contributed by atoms with Crippen LogP contribution in [0.5, 0.6) is 0 Å². The van der Waals surface area contributed by atoms with Crippen LogP contribution >= 0.6 is 0 Å². The van der Waals surface area contributed by atoms with Gasteiger partial charge in [-0.2, -0.15) is 0 Å². The second-order valence-electron chi connectivity index (χ2n) is 2.25. The lowest BCUT2D eigenvalue weighted by molar-refractivity contribution is -0.107. The van der Waals surface area contributed by atoms with Crippen molar-refractivity contribution in [2.24, 2.45) is 0 Å². The van der Waals surface area contributed by atoms with Gasteiger partial charge in [0.2, 0.25) is 0 Å². The van der Waals surface area contributed by atoms with Gasteiger partial charge >= 0.3 is 5.97 Å². The summed E-state index contributed by atoms with van der Waals surface area (Å²) in [5.74, 6) is -0.879. The lowest BCUT2D eigenvalue weighted by atomic mass is 10.2. The monoisotopic (exact) mass is 180 g/mol. The summed E-state index contributed by atoms with van der Waals surface area (Å²) in [6, 6.07) is 8.30. The van der Waals surface area contributed by atoms with Gasteiger partial charge in [-0.3, -0.25) is 0 Å². The van der Waals surface area contributed by atoms with Gasteiger partial charge in [0, 0.05) is 6.42 Å². The molecule has 1 N–H and O–H groups in total. The van der Waals surface area contributed by atoms with E-state index in [-0.39, 0.29) is 0 Å². The third kappa shape index (κ3) is 5.61. The van der Waals surface area contributed by atoms with Crippen LogP contribution in [0.15, 0.2) is 30.3 Å². The number of carboxylic acids is 1. The van der Waals surface area contributed by atoms with Crippen molar-refractivity contribution in [1.82, 2.24) is 0 Å². The second-order valence-corrected chi connectivity index (χ2v) is 2.25. The Kier molecular flexibility index (Phi) is 6.15. The minimum atomic E-state index is -0.879. The van der Waals surface area contributed by atoms with E-state index in [1.807, 2.05) is 6.92 Å². The highest BCUT2D eigenvalue weighted by molar-refractivity contribution is 5.87. The van der Waals surface area contributed by atoms with Crippen molar-refractivity contribution in [2.45, 2.75) is 13.3 Å². The summed E-state index contributed by atoms with van der Waals surface area (Å²) >= 11 is 0. The van der Waals surface area contributed by atoms with Crippen LogP contribution in [0.3, 0.4) is 0 Å². The summed E-state index contributed by atoms with van der Waals surface area (Å²) in [5, 5.41) is 8.38. The maximum atomic E-state index is 10.2. The number of rotatable bonds is 2. The Balaban J connectivity index is 0.000000310. The highest BCUT2D eigenvalue weighted by Crippen LogP contribution is 1.96. The van der Waals surface area contributed by atoms with Gasteiger partial charge in [0.1, 0.15) is 6.29 Å². The van der Waals surface area contributed by atoms with Crippen molar-refractivity contribution in [3.63, 3.8) is 0 Å². The minimum absolute atomic E-state index is 0.331. The zero-order valence-corrected chi connectivity index (χ0v) is 7.43. The van der Waals surface area contributed by atoms with Crippen molar-refractivity contribution in [3.05, 3.63) is 35.9 Å². The first-order valence-electron chi connectivity index (χ1n) is 3.94. The normalized spacial score (nSPS) is 8.08. The summed E-state index contributed by atoms with van der Waals surface area (Å²) in [6.07, 6.45) is 1.51. The van der Waals surface area contributed by atoms with Crippen LogP contribution in [0.25, 0.3) is 0 Å². The third-order valence-electron chi connectivity index (χ3n) is 1.19. The van der Waals surface area contributed by atoms with E-state index in [4.69, 9.17) is 5.11 Å². The lowest BCUT2D eigenvalue weighted by Crippen LogP contribution is -1.93. The van der Waals surface area contributed by atoms with Crippen molar-refractivity contribution in [3.8, 4) is 0 Å². The van der Waals surface area contributed by atoms with E-state index in [1.165, 1.54) is 0 Å². The molecule has 0 heterocycles. The summed E-state index contributed by atoms with van der Waals surface area (Å²) in [7, 11) is 0. The minimum Gasteiger partial charge on any atom is -0.478 e. The standard InChI is InChI=1S/C7H6O2.C3H6O/c8-7(9)6-4-2-1-3-5-6;1-2-3-4/h1-5H,(H,8,9);3H,2H2,1H3. The van der Waals surface area contributed by atoms with Gasteiger partial charge in [-0.05, 0) is 12.1 Å². The highest BCUT2D eigenvalue weighted by atomic mass is 16.4. The molecule has 1 aromatic carbocycles. The summed E-state index contributed by atoms with van der Waals surface area (Å²) in [6.45, 7) is 1.81. The number of aldehydes is 1. The fourth-order valence-electron chi connectivity index (χ4n) is 0.581. The van der Waals surface area contributed by atoms with Gasteiger partial charge in [-0.1, -0.05) is 25.1 Å². The van der Waals surface area contributed by atoms with Crippen molar-refractivity contribution < 1.29 is 14.7 Å². The molecule has 0 aromatic heterocycles. The number of hydrogen-bond acceptors (Lipinski definition) is 2. The molecule has 0 radical (unpaired) electrons. The topological polar surface area (TPSA) is 54.4 Å². The maximum absolute atomic E-state index is 10.2. The number of carbonyl (C=O) groups is 2. The number of hydrogen-bond donors (Lipinski definition) is 1. The molecule has 3 nitrogen and oxygen atoms in total. The maximum Gasteiger partial charge on any atom is 0.335 e. The SMILES string of the molecule is CCC=O.O=C(O)c1ccccc1. The van der Waals surface area contributed by atoms with E-state index in [2.05, 4.69) is 0 Å². The molecule has 0 amide bonds. The Labute approximate surface area is 77.0 Å². The molecule has 1 aromatic rings. The second kappa shape index (κ2) is 7.03. The fraction of sp³-hybridized carbons (Fsp3) is 0.200. The van der Waals surface area contributed by atoms with Crippen molar-refractivity contribution >= 4 is 12.3 Å². The molecule has 0 atom stereocenters. The molecule has 0 fully saturated rings. The molecule has 0 unspecified atom stereocenters. The molecular weight excluding hydrogens is 168 g/mol. The van der Waals surface area contributed by atoms with Crippen molar-refractivity contribution in [2.75, 3.05) is 0 Å². The van der Waals surface area contributed by atoms with Crippen LogP contribution < -0.4 is 0 Å². The van der Waals surface area contributed by atoms with E-state index in [9.17, 15) is 9.59 Å². The molecule has 13 heavy (non-hydrogen) atoms. The van der Waals surface area contributed by atoms with E-state index in [0.29, 0.717) is 12.0 Å². The largest absolute Gasteiger partial charge is 0.478 e. The van der Waals surface area contributed by atoms with Gasteiger partial charge in [0.05, 0.1) is 5.56 Å². The van der Waals surface area contributed by atoms with Crippen molar-refractivity contribution in [1.29, 1.82) is 0 Å². The first-order valence-corrected chi connectivity index (χ1v) is 3.94. The Hall–Kier alpha value is -1.64. The zero-order chi connectivity index (χ0) is 10.1. The van der Waals surface area contributed by atoms with Crippen LogP contribution in [-0.2, 0) is 4.79 Å². The molecule has 0 aliphatic heterocycles. The lowest BCUT2D eigenvalue weighted by Gasteiger charge is -1.88. The molecule has 0 saturated carbocycles. The van der Waals surface area contributed by atoms with Crippen LogP contribution in [0.1, 0.15) is 23.7 Å². The number of carbonyl (C=O) groups excluding carboxylic acids is 1. The van der Waals surface area contributed by atoms with E-state index < -0.39 is 5.97 Å². The first-order chi connectivity index (χ1) is 6.22. The zero-order valence-electron chi connectivity index (χ0n) is 7.43. The van der Waals surface area contributed by atoms with Crippen LogP contribution in [0.2, 0.25) is 0 Å². The Morgan fingerprint density at radius 2 is 1.85 bits per heavy atom. The molecular formula is C10H12O3. The average Bonchev–Trinajstić information content (AvgIpc) is 2.19. The molecule has 3 heteroatoms. The predicted octanol–water partition coefficient (Wildman–Crippen LogP) is 1.98. The average molecular weight is 180 g/mol. The Morgan fingerprint density at radius 3 is 2.08 bits per heavy atom. The highest BCUT2D eigenvalue weighted by Gasteiger charge is 1.96. The Morgan fingerprint density at radius 1 is 1.38 bits per heavy atom. The summed E-state index contributed by atoms with van der Waals surface area (Å²) < 4.78 is 0. The van der Waals surface area contributed by atoms with Gasteiger partial charge in [-0.15, -0.1) is 0 Å². The Bertz CT molecular complexity index is 254. The number of benzene rings is 1. The summed E-state index contributed by atoms with van der Waals surface area (Å²) in [5.41, 5.74) is 0.331. The first kappa shape index (κ1) is 11.4. The van der Waals surface area contributed by atoms with Gasteiger partial charge < -0.3 is 9.90 Å². The van der Waals surface area contributed by atoms with E-state index in [0.717, 1.165) is 6.29 Å². The fourth-order valence-corrected chi connectivity index (χ4v) is 0.581. The molecule has 0 aliphatic carbocycles. The molecule has 0 bridgehead atoms. The van der Waals surface area contributed by atoms with E-state index in [1.54, 1.807) is 30.3 Å². The smallest absolute Gasteiger partial charge is 0.335 e. The van der Waals surface area contributed by atoms with E-state index >= 15 is 0 Å². The van der Waals surface area contributed by atoms with Gasteiger partial charge in [0.15, 0.2) is 0 Å². The molecule has 70 valence electrons. The number of carboxylic acid groups (broad SMARTS) is 1. The quantitative estimate of drug-likeness (QED) is 0.708.